The number of halogens is 1. The molecule has 2 aromatic rings. The van der Waals surface area contributed by atoms with Crippen LogP contribution in [0.2, 0.25) is 5.02 Å². The molecule has 2 heterocycles. The van der Waals surface area contributed by atoms with Gasteiger partial charge in [0.15, 0.2) is 0 Å². The van der Waals surface area contributed by atoms with Gasteiger partial charge in [-0.15, -0.1) is 11.3 Å². The van der Waals surface area contributed by atoms with Crippen LogP contribution in [0.5, 0.6) is 0 Å². The summed E-state index contributed by atoms with van der Waals surface area (Å²) >= 11 is 7.42. The summed E-state index contributed by atoms with van der Waals surface area (Å²) in [6, 6.07) is 5.62. The highest BCUT2D eigenvalue weighted by Crippen LogP contribution is 2.36. The molecule has 1 amide bonds. The molecule has 4 nitrogen and oxygen atoms in total. The van der Waals surface area contributed by atoms with Crippen LogP contribution in [0.15, 0.2) is 18.2 Å². The third-order valence-electron chi connectivity index (χ3n) is 4.04. The number of rotatable bonds is 2. The normalized spacial score (nSPS) is 21.9. The number of anilines is 1. The van der Waals surface area contributed by atoms with Crippen molar-refractivity contribution in [2.45, 2.75) is 25.5 Å². The third-order valence-corrected chi connectivity index (χ3v) is 5.45. The predicted molar refractivity (Wildman–Crippen MR) is 87.2 cm³/mol. The van der Waals surface area contributed by atoms with E-state index in [4.69, 9.17) is 22.1 Å². The van der Waals surface area contributed by atoms with Gasteiger partial charge in [-0.25, -0.2) is 0 Å². The Labute approximate surface area is 132 Å². The first-order chi connectivity index (χ1) is 9.99. The molecule has 3 rings (SSSR count). The van der Waals surface area contributed by atoms with Crippen LogP contribution in [0.1, 0.15) is 23.0 Å². The van der Waals surface area contributed by atoms with Crippen molar-refractivity contribution in [2.75, 3.05) is 19.4 Å². The van der Waals surface area contributed by atoms with Gasteiger partial charge in [-0.2, -0.15) is 0 Å². The second-order valence-electron chi connectivity index (χ2n) is 5.33. The largest absolute Gasteiger partial charge is 0.397 e. The number of hydrogen-bond acceptors (Lipinski definition) is 4. The summed E-state index contributed by atoms with van der Waals surface area (Å²) in [6.07, 6.45) is 0.920. The smallest absolute Gasteiger partial charge is 0.266 e. The Balaban J connectivity index is 1.96. The molecule has 1 fully saturated rings. The second kappa shape index (κ2) is 5.48. The number of nitrogen functional groups attached to an aromatic ring is 1. The fourth-order valence-corrected chi connectivity index (χ4v) is 4.05. The number of thiophene rings is 1. The lowest BCUT2D eigenvalue weighted by Crippen LogP contribution is -2.40. The fraction of sp³-hybridized carbons (Fsp3) is 0.400. The maximum absolute atomic E-state index is 12.7. The number of carbonyl (C=O) groups excluding carboxylic acids is 1. The van der Waals surface area contributed by atoms with E-state index in [2.05, 4.69) is 0 Å². The van der Waals surface area contributed by atoms with Crippen molar-refractivity contribution in [3.63, 3.8) is 0 Å². The van der Waals surface area contributed by atoms with Gasteiger partial charge in [0.25, 0.3) is 5.91 Å². The van der Waals surface area contributed by atoms with Gasteiger partial charge in [0.1, 0.15) is 4.88 Å². The number of benzene rings is 1. The molecule has 0 aliphatic carbocycles. The Morgan fingerprint density at radius 3 is 2.95 bits per heavy atom. The Morgan fingerprint density at radius 2 is 2.29 bits per heavy atom. The molecule has 0 radical (unpaired) electrons. The fourth-order valence-electron chi connectivity index (χ4n) is 2.79. The van der Waals surface area contributed by atoms with Crippen LogP contribution in [0.3, 0.4) is 0 Å². The molecule has 6 heteroatoms. The summed E-state index contributed by atoms with van der Waals surface area (Å²) in [6.45, 7) is 2.69. The summed E-state index contributed by atoms with van der Waals surface area (Å²) in [7, 11) is 1.81. The predicted octanol–water partition coefficient (Wildman–Crippen LogP) is 3.39. The molecule has 21 heavy (non-hydrogen) atoms. The van der Waals surface area contributed by atoms with Crippen molar-refractivity contribution in [3.8, 4) is 0 Å². The van der Waals surface area contributed by atoms with Crippen molar-refractivity contribution in [1.29, 1.82) is 0 Å². The summed E-state index contributed by atoms with van der Waals surface area (Å²) in [4.78, 5) is 15.0. The summed E-state index contributed by atoms with van der Waals surface area (Å²) < 4.78 is 6.51. The monoisotopic (exact) mass is 324 g/mol. The van der Waals surface area contributed by atoms with Gasteiger partial charge in [0.05, 0.1) is 17.8 Å². The maximum atomic E-state index is 12.7. The SMILES string of the molecule is CC1OCCC1N(C)C(=O)c1sc2ccc(Cl)cc2c1N. The summed E-state index contributed by atoms with van der Waals surface area (Å²) in [5, 5.41) is 1.47. The zero-order valence-electron chi connectivity index (χ0n) is 11.9. The minimum atomic E-state index is -0.0489. The van der Waals surface area contributed by atoms with Crippen molar-refractivity contribution < 1.29 is 9.53 Å². The molecular weight excluding hydrogens is 308 g/mol. The molecule has 1 saturated heterocycles. The molecule has 0 saturated carbocycles. The molecule has 0 bridgehead atoms. The van der Waals surface area contributed by atoms with Gasteiger partial charge in [-0.1, -0.05) is 11.6 Å². The van der Waals surface area contributed by atoms with Crippen molar-refractivity contribution in [2.24, 2.45) is 0 Å². The average Bonchev–Trinajstić information content (AvgIpc) is 3.02. The molecule has 1 aliphatic rings. The molecule has 112 valence electrons. The minimum absolute atomic E-state index is 0.0489. The number of amides is 1. The maximum Gasteiger partial charge on any atom is 0.266 e. The number of ether oxygens (including phenoxy) is 1. The van der Waals surface area contributed by atoms with E-state index in [0.717, 1.165) is 16.5 Å². The van der Waals surface area contributed by atoms with Gasteiger partial charge in [0, 0.05) is 28.8 Å². The highest BCUT2D eigenvalue weighted by molar-refractivity contribution is 7.21. The lowest BCUT2D eigenvalue weighted by Gasteiger charge is -2.26. The molecule has 2 atom stereocenters. The Hall–Kier alpha value is -1.30. The van der Waals surface area contributed by atoms with E-state index in [1.54, 1.807) is 11.0 Å². The number of hydrogen-bond donors (Lipinski definition) is 1. The zero-order valence-corrected chi connectivity index (χ0v) is 13.5. The molecule has 1 aliphatic heterocycles. The van der Waals surface area contributed by atoms with E-state index in [-0.39, 0.29) is 18.1 Å². The van der Waals surface area contributed by atoms with Gasteiger partial charge >= 0.3 is 0 Å². The number of nitrogens with two attached hydrogens (primary N) is 1. The van der Waals surface area contributed by atoms with E-state index in [1.807, 2.05) is 26.1 Å². The van der Waals surface area contributed by atoms with Gasteiger partial charge in [-0.3, -0.25) is 4.79 Å². The quantitative estimate of drug-likeness (QED) is 0.921. The molecule has 1 aromatic carbocycles. The highest BCUT2D eigenvalue weighted by atomic mass is 35.5. The van der Waals surface area contributed by atoms with Crippen molar-refractivity contribution >= 4 is 44.6 Å². The van der Waals surface area contributed by atoms with Crippen LogP contribution in [0.25, 0.3) is 10.1 Å². The minimum Gasteiger partial charge on any atom is -0.397 e. The number of fused-ring (bicyclic) bond motifs is 1. The van der Waals surface area contributed by atoms with Crippen LogP contribution in [-0.4, -0.2) is 36.6 Å². The topological polar surface area (TPSA) is 55.6 Å². The number of carbonyl (C=O) groups is 1. The van der Waals surface area contributed by atoms with Crippen LogP contribution >= 0.6 is 22.9 Å². The Morgan fingerprint density at radius 1 is 1.52 bits per heavy atom. The van der Waals surface area contributed by atoms with E-state index in [1.165, 1.54) is 11.3 Å². The lowest BCUT2D eigenvalue weighted by atomic mass is 10.1. The standard InChI is InChI=1S/C15H17ClN2O2S/c1-8-11(5-6-20-8)18(2)15(19)14-13(17)10-7-9(16)3-4-12(10)21-14/h3-4,7-8,11H,5-6,17H2,1-2H3. The first-order valence-electron chi connectivity index (χ1n) is 6.85. The Bertz CT molecular complexity index is 700. The molecule has 2 unspecified atom stereocenters. The highest BCUT2D eigenvalue weighted by Gasteiger charge is 2.32. The van der Waals surface area contributed by atoms with Gasteiger partial charge in [-0.05, 0) is 31.5 Å². The summed E-state index contributed by atoms with van der Waals surface area (Å²) in [5.74, 6) is -0.0489. The first-order valence-corrected chi connectivity index (χ1v) is 8.04. The van der Waals surface area contributed by atoms with Crippen molar-refractivity contribution in [1.82, 2.24) is 4.90 Å². The second-order valence-corrected chi connectivity index (χ2v) is 6.82. The molecular formula is C15H17ClN2O2S. The van der Waals surface area contributed by atoms with E-state index in [0.29, 0.717) is 22.2 Å². The van der Waals surface area contributed by atoms with Crippen LogP contribution in [0.4, 0.5) is 5.69 Å². The lowest BCUT2D eigenvalue weighted by molar-refractivity contribution is 0.0579. The molecule has 1 aromatic heterocycles. The Kier molecular flexibility index (Phi) is 3.82. The van der Waals surface area contributed by atoms with E-state index in [9.17, 15) is 4.79 Å². The van der Waals surface area contributed by atoms with Gasteiger partial charge < -0.3 is 15.4 Å². The van der Waals surface area contributed by atoms with Crippen LogP contribution < -0.4 is 5.73 Å². The molecule has 2 N–H and O–H groups in total. The average molecular weight is 325 g/mol. The van der Waals surface area contributed by atoms with Crippen LogP contribution in [0, 0.1) is 0 Å². The summed E-state index contributed by atoms with van der Waals surface area (Å²) in [5.41, 5.74) is 6.67. The van der Waals surface area contributed by atoms with Crippen molar-refractivity contribution in [3.05, 3.63) is 28.1 Å². The van der Waals surface area contributed by atoms with Crippen LogP contribution in [-0.2, 0) is 4.74 Å². The van der Waals surface area contributed by atoms with Gasteiger partial charge in [0.2, 0.25) is 0 Å². The first kappa shape index (κ1) is 14.6. The zero-order chi connectivity index (χ0) is 15.1. The third kappa shape index (κ3) is 2.50. The number of likely N-dealkylation sites (N-methyl/N-ethyl adjacent to an activating group) is 1. The number of nitrogens with zero attached hydrogens (tertiary/aromatic N) is 1. The van der Waals surface area contributed by atoms with E-state index < -0.39 is 0 Å². The van der Waals surface area contributed by atoms with E-state index >= 15 is 0 Å². The molecule has 0 spiro atoms.